The van der Waals surface area contributed by atoms with Crippen molar-refractivity contribution in [2.75, 3.05) is 20.8 Å². The van der Waals surface area contributed by atoms with Crippen molar-refractivity contribution in [2.24, 2.45) is 0 Å². The van der Waals surface area contributed by atoms with Crippen LogP contribution in [0, 0.1) is 0 Å². The van der Waals surface area contributed by atoms with E-state index >= 15 is 0 Å². The molecule has 0 bridgehead atoms. The van der Waals surface area contributed by atoms with Gasteiger partial charge in [-0.15, -0.1) is 0 Å². The predicted octanol–water partition coefficient (Wildman–Crippen LogP) is 2.05. The lowest BCUT2D eigenvalue weighted by atomic mass is 10.0. The van der Waals surface area contributed by atoms with Gasteiger partial charge in [-0.25, -0.2) is 0 Å². The summed E-state index contributed by atoms with van der Waals surface area (Å²) < 4.78 is 10.6. The maximum absolute atomic E-state index is 9.82. The number of ether oxygens (including phenoxy) is 2. The summed E-state index contributed by atoms with van der Waals surface area (Å²) in [5.41, 5.74) is 1.16. The Morgan fingerprint density at radius 3 is 2.21 bits per heavy atom. The summed E-state index contributed by atoms with van der Waals surface area (Å²) in [6.45, 7) is 5.84. The molecule has 1 N–H and O–H groups in total. The van der Waals surface area contributed by atoms with Crippen LogP contribution in [-0.2, 0) is 6.54 Å². The minimum Gasteiger partial charge on any atom is -0.497 e. The number of hydrogen-bond acceptors (Lipinski definition) is 4. The molecule has 4 heteroatoms. The molecule has 1 unspecified atom stereocenters. The van der Waals surface area contributed by atoms with E-state index in [4.69, 9.17) is 9.47 Å². The van der Waals surface area contributed by atoms with Crippen LogP contribution in [-0.4, -0.2) is 42.4 Å². The van der Waals surface area contributed by atoms with Gasteiger partial charge in [0.2, 0.25) is 0 Å². The topological polar surface area (TPSA) is 41.9 Å². The summed E-state index contributed by atoms with van der Waals surface area (Å²) in [6, 6.07) is 5.90. The normalized spacial score (nSPS) is 22.5. The fourth-order valence-electron chi connectivity index (χ4n) is 2.73. The van der Waals surface area contributed by atoms with Crippen LogP contribution in [0.15, 0.2) is 18.2 Å². The highest BCUT2D eigenvalue weighted by Crippen LogP contribution is 2.31. The second kappa shape index (κ2) is 5.39. The van der Waals surface area contributed by atoms with Gasteiger partial charge in [0.15, 0.2) is 0 Å². The Morgan fingerprint density at radius 2 is 1.79 bits per heavy atom. The van der Waals surface area contributed by atoms with Crippen LogP contribution < -0.4 is 9.47 Å². The molecule has 0 saturated carbocycles. The maximum atomic E-state index is 9.82. The molecule has 1 heterocycles. The standard InChI is InChI=1S/C15H23NO3/c1-15(2)8-12(17)10-16(15)9-11-5-13(18-3)7-14(6-11)19-4/h5-7,12,17H,8-10H2,1-4H3. The molecule has 1 aliphatic heterocycles. The number of rotatable bonds is 4. The zero-order valence-electron chi connectivity index (χ0n) is 12.1. The molecule has 0 aromatic heterocycles. The highest BCUT2D eigenvalue weighted by Gasteiger charge is 2.37. The fourth-order valence-corrected chi connectivity index (χ4v) is 2.73. The largest absolute Gasteiger partial charge is 0.497 e. The zero-order valence-corrected chi connectivity index (χ0v) is 12.1. The Balaban J connectivity index is 2.19. The van der Waals surface area contributed by atoms with Gasteiger partial charge in [-0.2, -0.15) is 0 Å². The van der Waals surface area contributed by atoms with E-state index in [1.165, 1.54) is 0 Å². The van der Waals surface area contributed by atoms with Crippen molar-refractivity contribution in [3.05, 3.63) is 23.8 Å². The van der Waals surface area contributed by atoms with Gasteiger partial charge in [0.25, 0.3) is 0 Å². The Hall–Kier alpha value is -1.26. The molecule has 0 aliphatic carbocycles. The second-order valence-corrected chi connectivity index (χ2v) is 5.77. The van der Waals surface area contributed by atoms with Gasteiger partial charge in [0.1, 0.15) is 11.5 Å². The van der Waals surface area contributed by atoms with Crippen LogP contribution in [0.2, 0.25) is 0 Å². The monoisotopic (exact) mass is 265 g/mol. The van der Waals surface area contributed by atoms with Crippen molar-refractivity contribution in [1.82, 2.24) is 4.90 Å². The summed E-state index contributed by atoms with van der Waals surface area (Å²) in [5.74, 6) is 1.60. The minimum absolute atomic E-state index is 0.0235. The third-order valence-corrected chi connectivity index (χ3v) is 3.81. The number of aliphatic hydroxyl groups is 1. The van der Waals surface area contributed by atoms with Crippen LogP contribution in [0.1, 0.15) is 25.8 Å². The van der Waals surface area contributed by atoms with Crippen LogP contribution in [0.3, 0.4) is 0 Å². The highest BCUT2D eigenvalue weighted by atomic mass is 16.5. The molecule has 0 amide bonds. The van der Waals surface area contributed by atoms with Gasteiger partial charge in [-0.1, -0.05) is 0 Å². The Labute approximate surface area is 114 Å². The van der Waals surface area contributed by atoms with E-state index < -0.39 is 0 Å². The highest BCUT2D eigenvalue weighted by molar-refractivity contribution is 5.38. The first-order valence-electron chi connectivity index (χ1n) is 6.59. The van der Waals surface area contributed by atoms with Crippen molar-refractivity contribution < 1.29 is 14.6 Å². The molecule has 1 fully saturated rings. The quantitative estimate of drug-likeness (QED) is 0.904. The fraction of sp³-hybridized carbons (Fsp3) is 0.600. The lowest BCUT2D eigenvalue weighted by molar-refractivity contribution is 0.156. The number of nitrogens with zero attached hydrogens (tertiary/aromatic N) is 1. The van der Waals surface area contributed by atoms with Gasteiger partial charge < -0.3 is 14.6 Å². The lowest BCUT2D eigenvalue weighted by Crippen LogP contribution is -2.37. The Morgan fingerprint density at radius 1 is 1.21 bits per heavy atom. The van der Waals surface area contributed by atoms with Crippen LogP contribution in [0.25, 0.3) is 0 Å². The number of likely N-dealkylation sites (tertiary alicyclic amines) is 1. The molecule has 1 aromatic rings. The van der Waals surface area contributed by atoms with Crippen LogP contribution >= 0.6 is 0 Å². The average Bonchev–Trinajstić information content (AvgIpc) is 2.61. The minimum atomic E-state index is -0.234. The molecule has 4 nitrogen and oxygen atoms in total. The van der Waals surface area contributed by atoms with Gasteiger partial charge in [-0.05, 0) is 38.0 Å². The zero-order chi connectivity index (χ0) is 14.0. The van der Waals surface area contributed by atoms with Crippen LogP contribution in [0.4, 0.5) is 0 Å². The van der Waals surface area contributed by atoms with Gasteiger partial charge in [0, 0.05) is 24.7 Å². The molecule has 19 heavy (non-hydrogen) atoms. The first kappa shape index (κ1) is 14.2. The Bertz CT molecular complexity index is 423. The molecule has 2 rings (SSSR count). The second-order valence-electron chi connectivity index (χ2n) is 5.77. The van der Waals surface area contributed by atoms with Gasteiger partial charge in [-0.3, -0.25) is 4.90 Å². The third-order valence-electron chi connectivity index (χ3n) is 3.81. The number of benzene rings is 1. The van der Waals surface area contributed by atoms with Crippen molar-refractivity contribution in [3.63, 3.8) is 0 Å². The molecular formula is C15H23NO3. The van der Waals surface area contributed by atoms with Crippen molar-refractivity contribution in [3.8, 4) is 11.5 Å². The van der Waals surface area contributed by atoms with E-state index in [9.17, 15) is 5.11 Å². The molecule has 106 valence electrons. The molecule has 0 spiro atoms. The van der Waals surface area contributed by atoms with E-state index in [1.807, 2.05) is 18.2 Å². The SMILES string of the molecule is COc1cc(CN2CC(O)CC2(C)C)cc(OC)c1. The molecule has 0 radical (unpaired) electrons. The maximum Gasteiger partial charge on any atom is 0.122 e. The summed E-state index contributed by atoms with van der Waals surface area (Å²) in [4.78, 5) is 2.30. The lowest BCUT2D eigenvalue weighted by Gasteiger charge is -2.31. The van der Waals surface area contributed by atoms with Crippen molar-refractivity contribution in [1.29, 1.82) is 0 Å². The summed E-state index contributed by atoms with van der Waals surface area (Å²) in [5, 5.41) is 9.82. The van der Waals surface area contributed by atoms with Crippen molar-refractivity contribution in [2.45, 2.75) is 38.5 Å². The summed E-state index contributed by atoms with van der Waals surface area (Å²) in [7, 11) is 3.31. The van der Waals surface area contributed by atoms with E-state index in [1.54, 1.807) is 14.2 Å². The number of methoxy groups -OCH3 is 2. The first-order valence-corrected chi connectivity index (χ1v) is 6.59. The van der Waals surface area contributed by atoms with E-state index in [0.717, 1.165) is 30.0 Å². The smallest absolute Gasteiger partial charge is 0.122 e. The first-order chi connectivity index (χ1) is 8.94. The van der Waals surface area contributed by atoms with E-state index in [2.05, 4.69) is 18.7 Å². The van der Waals surface area contributed by atoms with Crippen molar-refractivity contribution >= 4 is 0 Å². The van der Waals surface area contributed by atoms with E-state index in [-0.39, 0.29) is 11.6 Å². The summed E-state index contributed by atoms with van der Waals surface area (Å²) >= 11 is 0. The summed E-state index contributed by atoms with van der Waals surface area (Å²) in [6.07, 6.45) is 0.580. The van der Waals surface area contributed by atoms with Gasteiger partial charge in [0.05, 0.1) is 20.3 Å². The van der Waals surface area contributed by atoms with Crippen LogP contribution in [0.5, 0.6) is 11.5 Å². The molecule has 1 aliphatic rings. The molecule has 1 aromatic carbocycles. The Kier molecular flexibility index (Phi) is 4.02. The van der Waals surface area contributed by atoms with E-state index in [0.29, 0.717) is 6.54 Å². The molecule has 1 atom stereocenters. The average molecular weight is 265 g/mol. The molecular weight excluding hydrogens is 242 g/mol. The number of aliphatic hydroxyl groups excluding tert-OH is 1. The third kappa shape index (κ3) is 3.19. The predicted molar refractivity (Wildman–Crippen MR) is 74.7 cm³/mol. The van der Waals surface area contributed by atoms with Gasteiger partial charge >= 0.3 is 0 Å². The molecule has 1 saturated heterocycles. The number of β-amino-alcohol motifs (C(OH)–C–C–N with tert-alkyl or cyclic N) is 1. The number of hydrogen-bond donors (Lipinski definition) is 1.